The molecule has 0 saturated carbocycles. The molecule has 0 fully saturated rings. The minimum absolute atomic E-state index is 0.0468. The predicted molar refractivity (Wildman–Crippen MR) is 89.8 cm³/mol. The van der Waals surface area contributed by atoms with Crippen molar-refractivity contribution in [2.75, 3.05) is 0 Å². The standard InChI is InChI=1S/C17H13Cl2F2NO3/c18-11-3-2-10(12(19)8-11)7-15(17(24)25)22-16(23)6-9-1-4-13(20)14(21)5-9/h1-5,8,15H,6-7H2,(H,22,23)(H,24,25)/t15-/m0/s1. The van der Waals surface area contributed by atoms with Gasteiger partial charge in [0.05, 0.1) is 6.42 Å². The Hall–Kier alpha value is -2.18. The number of rotatable bonds is 6. The number of amides is 1. The zero-order chi connectivity index (χ0) is 18.6. The zero-order valence-corrected chi connectivity index (χ0v) is 14.2. The van der Waals surface area contributed by atoms with E-state index in [0.717, 1.165) is 12.1 Å². The van der Waals surface area contributed by atoms with E-state index in [-0.39, 0.29) is 23.4 Å². The Morgan fingerprint density at radius 2 is 1.80 bits per heavy atom. The molecule has 0 radical (unpaired) electrons. The topological polar surface area (TPSA) is 66.4 Å². The van der Waals surface area contributed by atoms with Crippen molar-refractivity contribution in [2.24, 2.45) is 0 Å². The van der Waals surface area contributed by atoms with Gasteiger partial charge in [-0.15, -0.1) is 0 Å². The van der Waals surface area contributed by atoms with Gasteiger partial charge >= 0.3 is 5.97 Å². The Balaban J connectivity index is 2.06. The molecule has 25 heavy (non-hydrogen) atoms. The molecular weight excluding hydrogens is 375 g/mol. The number of carboxylic acid groups (broad SMARTS) is 1. The first kappa shape index (κ1) is 19.1. The highest BCUT2D eigenvalue weighted by Crippen LogP contribution is 2.22. The Morgan fingerprint density at radius 3 is 2.40 bits per heavy atom. The van der Waals surface area contributed by atoms with Crippen molar-refractivity contribution in [3.63, 3.8) is 0 Å². The van der Waals surface area contributed by atoms with Gasteiger partial charge in [-0.25, -0.2) is 13.6 Å². The number of carbonyl (C=O) groups excluding carboxylic acids is 1. The third-order valence-corrected chi connectivity index (χ3v) is 4.01. The molecule has 2 aromatic carbocycles. The number of hydrogen-bond donors (Lipinski definition) is 2. The van der Waals surface area contributed by atoms with Gasteiger partial charge in [0, 0.05) is 16.5 Å². The molecule has 0 spiro atoms. The maximum atomic E-state index is 13.2. The lowest BCUT2D eigenvalue weighted by Crippen LogP contribution is -2.43. The first-order valence-corrected chi connectivity index (χ1v) is 7.92. The number of hydrogen-bond acceptors (Lipinski definition) is 2. The van der Waals surface area contributed by atoms with Crippen LogP contribution in [-0.4, -0.2) is 23.0 Å². The Bertz CT molecular complexity index is 814. The highest BCUT2D eigenvalue weighted by Gasteiger charge is 2.22. The third kappa shape index (κ3) is 5.41. The number of carboxylic acids is 1. The van der Waals surface area contributed by atoms with Crippen LogP contribution in [0.5, 0.6) is 0 Å². The van der Waals surface area contributed by atoms with Gasteiger partial charge in [0.2, 0.25) is 5.91 Å². The number of halogens is 4. The summed E-state index contributed by atoms with van der Waals surface area (Å²) in [6, 6.07) is 6.43. The van der Waals surface area contributed by atoms with Crippen molar-refractivity contribution in [1.29, 1.82) is 0 Å². The zero-order valence-electron chi connectivity index (χ0n) is 12.7. The summed E-state index contributed by atoms with van der Waals surface area (Å²) in [5.74, 6) is -3.98. The van der Waals surface area contributed by atoms with Crippen LogP contribution in [0.4, 0.5) is 8.78 Å². The van der Waals surface area contributed by atoms with Crippen molar-refractivity contribution in [3.8, 4) is 0 Å². The average molecular weight is 388 g/mol. The summed E-state index contributed by atoms with van der Waals surface area (Å²) in [4.78, 5) is 23.4. The Kier molecular flexibility index (Phi) is 6.33. The van der Waals surface area contributed by atoms with E-state index in [2.05, 4.69) is 5.32 Å². The molecule has 0 unspecified atom stereocenters. The van der Waals surface area contributed by atoms with Gasteiger partial charge in [-0.05, 0) is 35.4 Å². The van der Waals surface area contributed by atoms with Crippen molar-refractivity contribution in [2.45, 2.75) is 18.9 Å². The van der Waals surface area contributed by atoms with E-state index in [1.165, 1.54) is 12.1 Å². The molecule has 2 aromatic rings. The largest absolute Gasteiger partial charge is 0.480 e. The molecule has 4 nitrogen and oxygen atoms in total. The average Bonchev–Trinajstić information content (AvgIpc) is 2.52. The van der Waals surface area contributed by atoms with Crippen molar-refractivity contribution < 1.29 is 23.5 Å². The van der Waals surface area contributed by atoms with E-state index >= 15 is 0 Å². The van der Waals surface area contributed by atoms with Crippen molar-refractivity contribution >= 4 is 35.1 Å². The predicted octanol–water partition coefficient (Wildman–Crippen LogP) is 3.63. The molecular formula is C17H13Cl2F2NO3. The number of benzene rings is 2. The smallest absolute Gasteiger partial charge is 0.326 e. The molecule has 8 heteroatoms. The van der Waals surface area contributed by atoms with Crippen LogP contribution in [0.3, 0.4) is 0 Å². The highest BCUT2D eigenvalue weighted by molar-refractivity contribution is 6.35. The molecule has 0 aliphatic rings. The fraction of sp³-hybridized carbons (Fsp3) is 0.176. The Morgan fingerprint density at radius 1 is 1.08 bits per heavy atom. The molecule has 132 valence electrons. The van der Waals surface area contributed by atoms with E-state index in [0.29, 0.717) is 10.6 Å². The fourth-order valence-electron chi connectivity index (χ4n) is 2.19. The van der Waals surface area contributed by atoms with Crippen molar-refractivity contribution in [1.82, 2.24) is 5.32 Å². The summed E-state index contributed by atoms with van der Waals surface area (Å²) in [7, 11) is 0. The molecule has 1 amide bonds. The fourth-order valence-corrected chi connectivity index (χ4v) is 2.67. The van der Waals surface area contributed by atoms with Gasteiger partial charge in [-0.3, -0.25) is 4.79 Å². The lowest BCUT2D eigenvalue weighted by atomic mass is 10.1. The van der Waals surface area contributed by atoms with E-state index in [1.807, 2.05) is 0 Å². The molecule has 0 aromatic heterocycles. The molecule has 0 heterocycles. The van der Waals surface area contributed by atoms with Crippen molar-refractivity contribution in [3.05, 3.63) is 69.2 Å². The van der Waals surface area contributed by atoms with Gasteiger partial charge in [0.1, 0.15) is 6.04 Å². The molecule has 0 saturated heterocycles. The van der Waals surface area contributed by atoms with Crippen LogP contribution in [0.1, 0.15) is 11.1 Å². The summed E-state index contributed by atoms with van der Waals surface area (Å²) in [6.45, 7) is 0. The van der Waals surface area contributed by atoms with Crippen LogP contribution in [0.25, 0.3) is 0 Å². The highest BCUT2D eigenvalue weighted by atomic mass is 35.5. The van der Waals surface area contributed by atoms with Crippen LogP contribution < -0.4 is 5.32 Å². The second-order valence-corrected chi connectivity index (χ2v) is 6.17. The quantitative estimate of drug-likeness (QED) is 0.795. The summed E-state index contributed by atoms with van der Waals surface area (Å²) < 4.78 is 26.0. The normalized spacial score (nSPS) is 11.8. The van der Waals surface area contributed by atoms with Gasteiger partial charge in [-0.1, -0.05) is 35.3 Å². The lowest BCUT2D eigenvalue weighted by molar-refractivity contribution is -0.141. The van der Waals surface area contributed by atoms with E-state index in [9.17, 15) is 23.5 Å². The minimum Gasteiger partial charge on any atom is -0.480 e. The monoisotopic (exact) mass is 387 g/mol. The Labute approximate surface area is 152 Å². The number of nitrogens with one attached hydrogen (secondary N) is 1. The number of carbonyl (C=O) groups is 2. The summed E-state index contributed by atoms with van der Waals surface area (Å²) in [5.41, 5.74) is 0.733. The van der Waals surface area contributed by atoms with Crippen LogP contribution in [0.15, 0.2) is 36.4 Å². The maximum absolute atomic E-state index is 13.2. The summed E-state index contributed by atoms with van der Waals surface area (Å²) >= 11 is 11.8. The van der Waals surface area contributed by atoms with E-state index in [1.54, 1.807) is 12.1 Å². The minimum atomic E-state index is -1.25. The van der Waals surface area contributed by atoms with Gasteiger partial charge in [0.15, 0.2) is 11.6 Å². The van der Waals surface area contributed by atoms with Gasteiger partial charge < -0.3 is 10.4 Å². The molecule has 0 aliphatic carbocycles. The molecule has 2 N–H and O–H groups in total. The van der Waals surface area contributed by atoms with Crippen LogP contribution in [0.2, 0.25) is 10.0 Å². The molecule has 0 bridgehead atoms. The first-order chi connectivity index (χ1) is 11.8. The lowest BCUT2D eigenvalue weighted by Gasteiger charge is -2.15. The van der Waals surface area contributed by atoms with Crippen LogP contribution in [0, 0.1) is 11.6 Å². The van der Waals surface area contributed by atoms with E-state index in [4.69, 9.17) is 23.2 Å². The SMILES string of the molecule is O=C(Cc1ccc(F)c(F)c1)N[C@@H](Cc1ccc(Cl)cc1Cl)C(=O)O. The summed E-state index contributed by atoms with van der Waals surface area (Å²) in [5, 5.41) is 12.3. The first-order valence-electron chi connectivity index (χ1n) is 7.16. The van der Waals surface area contributed by atoms with Crippen LogP contribution >= 0.6 is 23.2 Å². The second-order valence-electron chi connectivity index (χ2n) is 5.32. The molecule has 2 rings (SSSR count). The maximum Gasteiger partial charge on any atom is 0.326 e. The molecule has 0 aliphatic heterocycles. The van der Waals surface area contributed by atoms with Gasteiger partial charge in [-0.2, -0.15) is 0 Å². The second kappa shape index (κ2) is 8.27. The van der Waals surface area contributed by atoms with Crippen LogP contribution in [-0.2, 0) is 22.4 Å². The number of aliphatic carboxylic acids is 1. The van der Waals surface area contributed by atoms with Gasteiger partial charge in [0.25, 0.3) is 0 Å². The van der Waals surface area contributed by atoms with E-state index < -0.39 is 29.6 Å². The summed E-state index contributed by atoms with van der Waals surface area (Å²) in [6.07, 6.45) is -0.329. The molecule has 1 atom stereocenters. The third-order valence-electron chi connectivity index (χ3n) is 3.42.